The Kier molecular flexibility index (Phi) is 3.00. The molecule has 0 saturated heterocycles. The summed E-state index contributed by atoms with van der Waals surface area (Å²) in [5.74, 6) is 0. The molecule has 1 atom stereocenters. The smallest absolute Gasteiger partial charge is 0.00404 e. The average Bonchev–Trinajstić information content (AvgIpc) is 2.61. The van der Waals surface area contributed by atoms with Gasteiger partial charge in [-0.05, 0) is 38.5 Å². The van der Waals surface area contributed by atoms with Gasteiger partial charge in [-0.2, -0.15) is 0 Å². The summed E-state index contributed by atoms with van der Waals surface area (Å²) in [7, 11) is 0. The highest BCUT2D eigenvalue weighted by atomic mass is 35.5. The average molecular weight is 185 g/mol. The van der Waals surface area contributed by atoms with Gasteiger partial charge in [-0.3, -0.25) is 0 Å². The molecule has 1 aliphatic rings. The molecule has 0 aromatic rings. The molecule has 12 heavy (non-hydrogen) atoms. The Morgan fingerprint density at radius 2 is 2.25 bits per heavy atom. The van der Waals surface area contributed by atoms with Crippen LogP contribution in [0, 0.1) is 5.41 Å². The molecule has 0 radical (unpaired) electrons. The van der Waals surface area contributed by atoms with Gasteiger partial charge in [0.1, 0.15) is 0 Å². The lowest BCUT2D eigenvalue weighted by Crippen LogP contribution is -1.91. The second kappa shape index (κ2) is 3.66. The molecule has 1 aliphatic carbocycles. The van der Waals surface area contributed by atoms with Gasteiger partial charge in [0.25, 0.3) is 0 Å². The first kappa shape index (κ1) is 9.85. The van der Waals surface area contributed by atoms with Gasteiger partial charge >= 0.3 is 0 Å². The first-order valence-corrected chi connectivity index (χ1v) is 4.95. The fourth-order valence-electron chi connectivity index (χ4n) is 1.47. The van der Waals surface area contributed by atoms with Crippen LogP contribution in [0.2, 0.25) is 0 Å². The van der Waals surface area contributed by atoms with E-state index < -0.39 is 0 Å². The van der Waals surface area contributed by atoms with E-state index in [-0.39, 0.29) is 0 Å². The number of hydrogen-bond acceptors (Lipinski definition) is 0. The summed E-state index contributed by atoms with van der Waals surface area (Å²) in [6, 6.07) is 0. The van der Waals surface area contributed by atoms with Gasteiger partial charge in [0, 0.05) is 5.54 Å². The van der Waals surface area contributed by atoms with Crippen LogP contribution in [0.1, 0.15) is 40.0 Å². The molecule has 0 heterocycles. The van der Waals surface area contributed by atoms with Gasteiger partial charge in [-0.1, -0.05) is 35.7 Å². The van der Waals surface area contributed by atoms with Gasteiger partial charge in [0.05, 0.1) is 0 Å². The van der Waals surface area contributed by atoms with E-state index in [4.69, 9.17) is 11.6 Å². The van der Waals surface area contributed by atoms with Gasteiger partial charge in [-0.15, -0.1) is 0 Å². The fourth-order valence-corrected chi connectivity index (χ4v) is 1.82. The van der Waals surface area contributed by atoms with Crippen molar-refractivity contribution in [1.82, 2.24) is 0 Å². The Bertz CT molecular complexity index is 221. The van der Waals surface area contributed by atoms with Gasteiger partial charge in [0.15, 0.2) is 0 Å². The molecule has 0 amide bonds. The summed E-state index contributed by atoms with van der Waals surface area (Å²) >= 11 is 5.65. The summed E-state index contributed by atoms with van der Waals surface area (Å²) < 4.78 is 0. The second-order valence-corrected chi connectivity index (χ2v) is 4.41. The van der Waals surface area contributed by atoms with Crippen LogP contribution in [0.15, 0.2) is 22.8 Å². The Morgan fingerprint density at radius 1 is 1.58 bits per heavy atom. The maximum Gasteiger partial charge on any atom is 0.00404 e. The lowest BCUT2D eigenvalue weighted by atomic mass is 10.0. The molecule has 1 fully saturated rings. The fraction of sp³-hybridized carbons (Fsp3) is 0.636. The van der Waals surface area contributed by atoms with Crippen molar-refractivity contribution in [2.75, 3.05) is 0 Å². The molecule has 0 nitrogen and oxygen atoms in total. The topological polar surface area (TPSA) is 0 Å². The maximum absolute atomic E-state index is 5.65. The zero-order valence-electron chi connectivity index (χ0n) is 8.15. The minimum absolute atomic E-state index is 0.438. The summed E-state index contributed by atoms with van der Waals surface area (Å²) in [4.78, 5) is 0. The van der Waals surface area contributed by atoms with E-state index in [0.717, 1.165) is 0 Å². The van der Waals surface area contributed by atoms with E-state index in [2.05, 4.69) is 26.8 Å². The molecule has 1 saturated carbocycles. The van der Waals surface area contributed by atoms with Crippen molar-refractivity contribution in [2.45, 2.75) is 40.0 Å². The van der Waals surface area contributed by atoms with Crippen LogP contribution >= 0.6 is 11.6 Å². The first-order chi connectivity index (χ1) is 5.58. The molecule has 1 heteroatoms. The molecule has 1 rings (SSSR count). The monoisotopic (exact) mass is 184 g/mol. The van der Waals surface area contributed by atoms with Gasteiger partial charge in [0.2, 0.25) is 0 Å². The number of rotatable bonds is 3. The van der Waals surface area contributed by atoms with Crippen molar-refractivity contribution in [1.29, 1.82) is 0 Å². The Balaban J connectivity index is 2.31. The van der Waals surface area contributed by atoms with Gasteiger partial charge < -0.3 is 0 Å². The lowest BCUT2D eigenvalue weighted by molar-refractivity contribution is 0.550. The summed E-state index contributed by atoms with van der Waals surface area (Å²) in [6.45, 7) is 6.58. The zero-order valence-corrected chi connectivity index (χ0v) is 8.91. The highest BCUT2D eigenvalue weighted by molar-refractivity contribution is 6.26. The van der Waals surface area contributed by atoms with Crippen LogP contribution in [-0.4, -0.2) is 0 Å². The van der Waals surface area contributed by atoms with Crippen molar-refractivity contribution in [3.63, 3.8) is 0 Å². The molecular formula is C11H17Cl. The summed E-state index contributed by atoms with van der Waals surface area (Å²) in [5, 5.41) is 0. The molecule has 0 bridgehead atoms. The van der Waals surface area contributed by atoms with Crippen molar-refractivity contribution in [3.8, 4) is 0 Å². The SMILES string of the molecule is CC(C)=CCC[C@]1(C)C/C1=C\Cl. The largest absolute Gasteiger partial charge is 0.0930 e. The van der Waals surface area contributed by atoms with E-state index in [1.165, 1.54) is 30.4 Å². The Labute approximate surface area is 80.3 Å². The van der Waals surface area contributed by atoms with E-state index in [1.807, 2.05) is 0 Å². The third-order valence-corrected chi connectivity index (χ3v) is 2.87. The predicted molar refractivity (Wildman–Crippen MR) is 55.3 cm³/mol. The van der Waals surface area contributed by atoms with Crippen LogP contribution in [-0.2, 0) is 0 Å². The number of allylic oxidation sites excluding steroid dienone is 3. The highest BCUT2D eigenvalue weighted by Gasteiger charge is 2.42. The van der Waals surface area contributed by atoms with Crippen molar-refractivity contribution < 1.29 is 0 Å². The third-order valence-electron chi connectivity index (χ3n) is 2.61. The number of hydrogen-bond donors (Lipinski definition) is 0. The molecule has 68 valence electrons. The van der Waals surface area contributed by atoms with Crippen molar-refractivity contribution in [3.05, 3.63) is 22.8 Å². The van der Waals surface area contributed by atoms with E-state index in [9.17, 15) is 0 Å². The quantitative estimate of drug-likeness (QED) is 0.575. The minimum Gasteiger partial charge on any atom is -0.0930 e. The van der Waals surface area contributed by atoms with Crippen LogP contribution in [0.4, 0.5) is 0 Å². The van der Waals surface area contributed by atoms with Crippen LogP contribution in [0.5, 0.6) is 0 Å². The minimum atomic E-state index is 0.438. The molecule has 0 spiro atoms. The molecule has 0 aromatic heterocycles. The predicted octanol–water partition coefficient (Wildman–Crippen LogP) is 4.27. The second-order valence-electron chi connectivity index (χ2n) is 4.19. The lowest BCUT2D eigenvalue weighted by Gasteiger charge is -2.04. The Morgan fingerprint density at radius 3 is 2.67 bits per heavy atom. The highest BCUT2D eigenvalue weighted by Crippen LogP contribution is 2.55. The summed E-state index contributed by atoms with van der Waals surface area (Å²) in [6.07, 6.45) is 5.94. The van der Waals surface area contributed by atoms with E-state index >= 15 is 0 Å². The van der Waals surface area contributed by atoms with Crippen LogP contribution in [0.25, 0.3) is 0 Å². The molecule has 0 aliphatic heterocycles. The van der Waals surface area contributed by atoms with Crippen molar-refractivity contribution in [2.24, 2.45) is 5.41 Å². The van der Waals surface area contributed by atoms with Crippen LogP contribution < -0.4 is 0 Å². The third kappa shape index (κ3) is 2.38. The maximum atomic E-state index is 5.65. The summed E-state index contributed by atoms with van der Waals surface area (Å²) in [5.41, 5.74) is 5.03. The number of halogens is 1. The Hall–Kier alpha value is -0.230. The van der Waals surface area contributed by atoms with Crippen molar-refractivity contribution >= 4 is 11.6 Å². The normalized spacial score (nSPS) is 30.5. The molecule has 0 aromatic carbocycles. The molecule has 0 N–H and O–H groups in total. The first-order valence-electron chi connectivity index (χ1n) is 4.51. The standard InChI is InChI=1S/C11H17Cl/c1-9(2)5-4-6-11(3)7-10(11)8-12/h5,8H,4,6-7H2,1-3H3/b10-8+/t11-/m1/s1. The molecular weight excluding hydrogens is 168 g/mol. The van der Waals surface area contributed by atoms with E-state index in [1.54, 1.807) is 5.54 Å². The van der Waals surface area contributed by atoms with Crippen LogP contribution in [0.3, 0.4) is 0 Å². The zero-order chi connectivity index (χ0) is 9.19. The molecule has 0 unspecified atom stereocenters. The van der Waals surface area contributed by atoms with E-state index in [0.29, 0.717) is 5.41 Å². The van der Waals surface area contributed by atoms with Gasteiger partial charge in [-0.25, -0.2) is 0 Å².